The molecule has 198 valence electrons. The number of ether oxygens (including phenoxy) is 1. The zero-order valence-corrected chi connectivity index (χ0v) is 22.2. The summed E-state index contributed by atoms with van der Waals surface area (Å²) in [5.74, 6) is -0.579. The average Bonchev–Trinajstić information content (AvgIpc) is 3.58. The molecule has 2 aromatic carbocycles. The molecule has 5 rings (SSSR count). The molecule has 3 N–H and O–H groups in total. The Labute approximate surface area is 231 Å². The lowest BCUT2D eigenvalue weighted by atomic mass is 10.0. The highest BCUT2D eigenvalue weighted by Gasteiger charge is 2.42. The van der Waals surface area contributed by atoms with Crippen molar-refractivity contribution in [3.8, 4) is 11.4 Å². The number of aromatic carboxylic acids is 1. The minimum Gasteiger partial charge on any atom is -0.494 e. The molecule has 0 unspecified atom stereocenters. The molecule has 0 saturated carbocycles. The summed E-state index contributed by atoms with van der Waals surface area (Å²) in [5, 5.41) is 16.2. The van der Waals surface area contributed by atoms with Crippen molar-refractivity contribution in [2.75, 3.05) is 17.3 Å². The fourth-order valence-electron chi connectivity index (χ4n) is 4.74. The van der Waals surface area contributed by atoms with Crippen molar-refractivity contribution in [3.05, 3.63) is 102 Å². The number of carboxylic acid groups (broad SMARTS) is 1. The summed E-state index contributed by atoms with van der Waals surface area (Å²) >= 11 is 5.86. The molecule has 1 saturated heterocycles. The Morgan fingerprint density at radius 2 is 1.85 bits per heavy atom. The Balaban J connectivity index is 1.61. The van der Waals surface area contributed by atoms with Crippen LogP contribution in [-0.2, 0) is 4.79 Å². The standard InChI is InChI=1S/C29H27N5O4S/c1-3-25(35)31-21-14-13-20(17-24(21)38-2)34-27(26(32-29(34)39)22-7-4-5-15-30-22)23-8-6-16-33(23)19-11-9-18(10-12-19)28(36)37/h4-17,26-27H,3H2,1-2H3,(H,31,35)(H,32,39)(H,36,37)/t26-,27+/m0/s1. The van der Waals surface area contributed by atoms with E-state index in [1.165, 1.54) is 0 Å². The number of pyridine rings is 1. The van der Waals surface area contributed by atoms with E-state index in [-0.39, 0.29) is 23.6 Å². The fourth-order valence-corrected chi connectivity index (χ4v) is 5.09. The van der Waals surface area contributed by atoms with Gasteiger partial charge in [0.1, 0.15) is 11.8 Å². The molecule has 0 aliphatic carbocycles. The number of methoxy groups -OCH3 is 1. The van der Waals surface area contributed by atoms with Crippen LogP contribution in [0.2, 0.25) is 0 Å². The highest BCUT2D eigenvalue weighted by Crippen LogP contribution is 2.43. The van der Waals surface area contributed by atoms with Crippen molar-refractivity contribution in [3.63, 3.8) is 0 Å². The van der Waals surface area contributed by atoms with Gasteiger partial charge >= 0.3 is 5.97 Å². The number of hydrogen-bond donors (Lipinski definition) is 3. The second kappa shape index (κ2) is 11.0. The summed E-state index contributed by atoms with van der Waals surface area (Å²) in [6.45, 7) is 1.79. The third-order valence-electron chi connectivity index (χ3n) is 6.63. The zero-order valence-electron chi connectivity index (χ0n) is 21.4. The molecule has 3 heterocycles. The van der Waals surface area contributed by atoms with Gasteiger partial charge in [-0.2, -0.15) is 0 Å². The van der Waals surface area contributed by atoms with E-state index < -0.39 is 5.97 Å². The predicted octanol–water partition coefficient (Wildman–Crippen LogP) is 5.10. The largest absolute Gasteiger partial charge is 0.494 e. The van der Waals surface area contributed by atoms with Crippen molar-refractivity contribution >= 4 is 40.6 Å². The van der Waals surface area contributed by atoms with Crippen LogP contribution in [0.25, 0.3) is 5.69 Å². The summed E-state index contributed by atoms with van der Waals surface area (Å²) in [5.41, 5.74) is 4.12. The van der Waals surface area contributed by atoms with E-state index in [4.69, 9.17) is 17.0 Å². The maximum absolute atomic E-state index is 12.0. The van der Waals surface area contributed by atoms with Crippen LogP contribution in [0.1, 0.15) is 47.2 Å². The Morgan fingerprint density at radius 1 is 1.08 bits per heavy atom. The van der Waals surface area contributed by atoms with Crippen LogP contribution in [0.3, 0.4) is 0 Å². The van der Waals surface area contributed by atoms with E-state index in [2.05, 4.69) is 15.6 Å². The minimum absolute atomic E-state index is 0.112. The van der Waals surface area contributed by atoms with Crippen LogP contribution in [0, 0.1) is 0 Å². The third-order valence-corrected chi connectivity index (χ3v) is 6.95. The highest BCUT2D eigenvalue weighted by atomic mass is 32.1. The topological polar surface area (TPSA) is 109 Å². The van der Waals surface area contributed by atoms with Gasteiger partial charge in [-0.3, -0.25) is 9.78 Å². The SMILES string of the molecule is CCC(=O)Nc1ccc(N2C(=S)N[C@@H](c3ccccn3)[C@H]2c2cccn2-c2ccc(C(=O)O)cc2)cc1OC. The molecule has 10 heteroatoms. The van der Waals surface area contributed by atoms with Gasteiger partial charge in [-0.1, -0.05) is 13.0 Å². The van der Waals surface area contributed by atoms with E-state index in [9.17, 15) is 14.7 Å². The number of carboxylic acids is 1. The number of nitrogens with zero attached hydrogens (tertiary/aromatic N) is 3. The first-order valence-corrected chi connectivity index (χ1v) is 12.8. The third kappa shape index (κ3) is 5.06. The van der Waals surface area contributed by atoms with Crippen LogP contribution in [-0.4, -0.2) is 38.8 Å². The molecule has 2 atom stereocenters. The second-order valence-electron chi connectivity index (χ2n) is 8.94. The number of aromatic nitrogens is 2. The number of rotatable bonds is 8. The number of hydrogen-bond acceptors (Lipinski definition) is 5. The van der Waals surface area contributed by atoms with Gasteiger partial charge < -0.3 is 29.9 Å². The smallest absolute Gasteiger partial charge is 0.335 e. The summed E-state index contributed by atoms with van der Waals surface area (Å²) in [4.78, 5) is 30.0. The van der Waals surface area contributed by atoms with Crippen LogP contribution >= 0.6 is 12.2 Å². The summed E-state index contributed by atoms with van der Waals surface area (Å²) in [7, 11) is 1.56. The van der Waals surface area contributed by atoms with E-state index in [1.807, 2.05) is 58.1 Å². The minimum atomic E-state index is -0.978. The first-order chi connectivity index (χ1) is 18.9. The molecule has 0 radical (unpaired) electrons. The molecule has 0 spiro atoms. The number of amides is 1. The molecule has 9 nitrogen and oxygen atoms in total. The fraction of sp³-hybridized carbons (Fsp3) is 0.172. The molecular weight excluding hydrogens is 514 g/mol. The first-order valence-electron chi connectivity index (χ1n) is 12.4. The molecule has 1 aliphatic rings. The maximum atomic E-state index is 12.0. The van der Waals surface area contributed by atoms with Gasteiger partial charge in [0.05, 0.1) is 30.1 Å². The number of thiocarbonyl (C=S) groups is 1. The lowest BCUT2D eigenvalue weighted by Crippen LogP contribution is -2.30. The van der Waals surface area contributed by atoms with Crippen molar-refractivity contribution in [1.82, 2.24) is 14.9 Å². The average molecular weight is 542 g/mol. The van der Waals surface area contributed by atoms with Crippen molar-refractivity contribution in [2.45, 2.75) is 25.4 Å². The van der Waals surface area contributed by atoms with E-state index >= 15 is 0 Å². The number of nitrogens with one attached hydrogen (secondary N) is 2. The quantitative estimate of drug-likeness (QED) is 0.264. The summed E-state index contributed by atoms with van der Waals surface area (Å²) < 4.78 is 7.63. The molecule has 39 heavy (non-hydrogen) atoms. The lowest BCUT2D eigenvalue weighted by molar-refractivity contribution is -0.115. The molecular formula is C29H27N5O4S. The van der Waals surface area contributed by atoms with E-state index in [0.717, 1.165) is 22.8 Å². The molecule has 0 bridgehead atoms. The van der Waals surface area contributed by atoms with E-state index in [1.54, 1.807) is 50.6 Å². The van der Waals surface area contributed by atoms with Gasteiger partial charge in [0.15, 0.2) is 5.11 Å². The Morgan fingerprint density at radius 3 is 2.51 bits per heavy atom. The van der Waals surface area contributed by atoms with Crippen LogP contribution in [0.15, 0.2) is 85.2 Å². The number of carbonyl (C=O) groups is 2. The number of carbonyl (C=O) groups excluding carboxylic acids is 1. The maximum Gasteiger partial charge on any atom is 0.335 e. The molecule has 2 aromatic heterocycles. The van der Waals surface area contributed by atoms with Crippen molar-refractivity contribution in [1.29, 1.82) is 0 Å². The lowest BCUT2D eigenvalue weighted by Gasteiger charge is -2.29. The zero-order chi connectivity index (χ0) is 27.5. The summed E-state index contributed by atoms with van der Waals surface area (Å²) in [6.07, 6.45) is 4.03. The van der Waals surface area contributed by atoms with Gasteiger partial charge in [0.25, 0.3) is 0 Å². The summed E-state index contributed by atoms with van der Waals surface area (Å²) in [6, 6.07) is 21.4. The Hall–Kier alpha value is -4.70. The van der Waals surface area contributed by atoms with Gasteiger partial charge in [-0.15, -0.1) is 0 Å². The van der Waals surface area contributed by atoms with Crippen molar-refractivity contribution in [2.24, 2.45) is 0 Å². The van der Waals surface area contributed by atoms with E-state index in [0.29, 0.717) is 23.0 Å². The van der Waals surface area contributed by atoms with Crippen LogP contribution in [0.4, 0.5) is 11.4 Å². The first kappa shape index (κ1) is 25.9. The van der Waals surface area contributed by atoms with Gasteiger partial charge in [0.2, 0.25) is 5.91 Å². The number of benzene rings is 2. The van der Waals surface area contributed by atoms with Crippen LogP contribution in [0.5, 0.6) is 5.75 Å². The molecule has 1 aliphatic heterocycles. The monoisotopic (exact) mass is 541 g/mol. The van der Waals surface area contributed by atoms with Gasteiger partial charge in [-0.05, 0) is 72.9 Å². The number of anilines is 2. The Kier molecular flexibility index (Phi) is 7.29. The normalized spacial score (nSPS) is 16.6. The van der Waals surface area contributed by atoms with Crippen LogP contribution < -0.4 is 20.3 Å². The molecule has 1 fully saturated rings. The molecule has 4 aromatic rings. The molecule has 1 amide bonds. The predicted molar refractivity (Wildman–Crippen MR) is 153 cm³/mol. The second-order valence-corrected chi connectivity index (χ2v) is 9.32. The van der Waals surface area contributed by atoms with Gasteiger partial charge in [0, 0.05) is 41.9 Å². The van der Waals surface area contributed by atoms with Gasteiger partial charge in [-0.25, -0.2) is 4.79 Å². The van der Waals surface area contributed by atoms with Crippen molar-refractivity contribution < 1.29 is 19.4 Å². The Bertz CT molecular complexity index is 1520. The highest BCUT2D eigenvalue weighted by molar-refractivity contribution is 7.80.